The normalized spacial score (nSPS) is 12.6. The molecule has 0 aliphatic heterocycles. The number of nitrogens with one attached hydrogen (secondary N) is 1. The Kier molecular flexibility index (Phi) is 3.82. The topological polar surface area (TPSA) is 25.2 Å². The molecule has 1 heterocycles. The summed E-state index contributed by atoms with van der Waals surface area (Å²) in [4.78, 5) is 0. The van der Waals surface area contributed by atoms with Gasteiger partial charge in [0.15, 0.2) is 0 Å². The van der Waals surface area contributed by atoms with Crippen LogP contribution in [0.5, 0.6) is 0 Å². The predicted octanol–water partition coefficient (Wildman–Crippen LogP) is 3.58. The van der Waals surface area contributed by atoms with E-state index in [0.29, 0.717) is 17.0 Å². The molecule has 90 valence electrons. The molecule has 0 saturated heterocycles. The largest absolute Gasteiger partial charge is 0.472 e. The van der Waals surface area contributed by atoms with Crippen molar-refractivity contribution in [3.63, 3.8) is 0 Å². The van der Waals surface area contributed by atoms with Gasteiger partial charge in [-0.25, -0.2) is 4.39 Å². The number of rotatable bonds is 4. The first kappa shape index (κ1) is 12.1. The molecule has 1 aromatic heterocycles. The second-order valence-electron chi connectivity index (χ2n) is 3.84. The van der Waals surface area contributed by atoms with E-state index in [0.717, 1.165) is 5.56 Å². The number of halogens is 2. The number of benzene rings is 1. The quantitative estimate of drug-likeness (QED) is 0.901. The fourth-order valence-electron chi connectivity index (χ4n) is 1.80. The van der Waals surface area contributed by atoms with Crippen molar-refractivity contribution in [2.75, 3.05) is 7.05 Å². The average molecular weight is 254 g/mol. The second kappa shape index (κ2) is 5.34. The molecule has 0 bridgehead atoms. The zero-order valence-electron chi connectivity index (χ0n) is 9.41. The van der Waals surface area contributed by atoms with E-state index >= 15 is 0 Å². The van der Waals surface area contributed by atoms with Crippen molar-refractivity contribution in [3.8, 4) is 0 Å². The Hall–Kier alpha value is -1.32. The predicted molar refractivity (Wildman–Crippen MR) is 65.6 cm³/mol. The Balaban J connectivity index is 2.23. The van der Waals surface area contributed by atoms with E-state index in [1.807, 2.05) is 6.07 Å². The minimum atomic E-state index is -0.291. The molecule has 1 atom stereocenters. The molecule has 0 fully saturated rings. The monoisotopic (exact) mass is 253 g/mol. The van der Waals surface area contributed by atoms with Crippen LogP contribution in [-0.4, -0.2) is 7.05 Å². The van der Waals surface area contributed by atoms with Crippen molar-refractivity contribution >= 4 is 11.6 Å². The van der Waals surface area contributed by atoms with Crippen LogP contribution in [0.1, 0.15) is 17.2 Å². The van der Waals surface area contributed by atoms with Crippen LogP contribution in [0.25, 0.3) is 0 Å². The first-order valence-electron chi connectivity index (χ1n) is 5.34. The maximum absolute atomic E-state index is 13.8. The molecule has 0 saturated carbocycles. The van der Waals surface area contributed by atoms with Gasteiger partial charge in [0.25, 0.3) is 0 Å². The Labute approximate surface area is 104 Å². The molecule has 0 radical (unpaired) electrons. The van der Waals surface area contributed by atoms with Gasteiger partial charge in [-0.1, -0.05) is 17.7 Å². The van der Waals surface area contributed by atoms with Crippen LogP contribution in [0.2, 0.25) is 5.02 Å². The van der Waals surface area contributed by atoms with Gasteiger partial charge in [0.1, 0.15) is 5.82 Å². The Bertz CT molecular complexity index is 484. The zero-order chi connectivity index (χ0) is 12.3. The lowest BCUT2D eigenvalue weighted by Gasteiger charge is -2.16. The first-order chi connectivity index (χ1) is 8.20. The molecule has 0 aliphatic rings. The van der Waals surface area contributed by atoms with Gasteiger partial charge in [0.05, 0.1) is 12.5 Å². The fourth-order valence-corrected chi connectivity index (χ4v) is 1.95. The highest BCUT2D eigenvalue weighted by atomic mass is 35.5. The Morgan fingerprint density at radius 1 is 1.41 bits per heavy atom. The van der Waals surface area contributed by atoms with E-state index in [1.54, 1.807) is 31.7 Å². The summed E-state index contributed by atoms with van der Waals surface area (Å²) >= 11 is 5.73. The highest BCUT2D eigenvalue weighted by Crippen LogP contribution is 2.23. The summed E-state index contributed by atoms with van der Waals surface area (Å²) in [6.07, 6.45) is 3.95. The fraction of sp³-hybridized carbons (Fsp3) is 0.231. The van der Waals surface area contributed by atoms with Crippen LogP contribution in [0.15, 0.2) is 41.2 Å². The van der Waals surface area contributed by atoms with Gasteiger partial charge in [-0.15, -0.1) is 0 Å². The minimum Gasteiger partial charge on any atom is -0.472 e. The van der Waals surface area contributed by atoms with Gasteiger partial charge >= 0.3 is 0 Å². The van der Waals surface area contributed by atoms with E-state index in [-0.39, 0.29) is 11.9 Å². The van der Waals surface area contributed by atoms with E-state index in [1.165, 1.54) is 6.07 Å². The molecule has 4 heteroatoms. The molecule has 0 aliphatic carbocycles. The van der Waals surface area contributed by atoms with Crippen molar-refractivity contribution in [2.24, 2.45) is 0 Å². The number of hydrogen-bond acceptors (Lipinski definition) is 2. The van der Waals surface area contributed by atoms with Crippen LogP contribution in [0.3, 0.4) is 0 Å². The van der Waals surface area contributed by atoms with E-state index < -0.39 is 0 Å². The summed E-state index contributed by atoms with van der Waals surface area (Å²) in [7, 11) is 1.80. The standard InChI is InChI=1S/C13H13ClFNO/c1-16-13(6-9-4-5-17-8-9)11-3-2-10(14)7-12(11)15/h2-5,7-8,13,16H,6H2,1H3. The number of furan rings is 1. The van der Waals surface area contributed by atoms with Gasteiger partial charge in [0.2, 0.25) is 0 Å². The molecule has 1 unspecified atom stereocenters. The summed E-state index contributed by atoms with van der Waals surface area (Å²) in [6.45, 7) is 0. The molecule has 0 spiro atoms. The molecular formula is C13H13ClFNO. The number of likely N-dealkylation sites (N-methyl/N-ethyl adjacent to an activating group) is 1. The summed E-state index contributed by atoms with van der Waals surface area (Å²) in [5.74, 6) is -0.291. The van der Waals surface area contributed by atoms with E-state index in [4.69, 9.17) is 16.0 Å². The highest BCUT2D eigenvalue weighted by molar-refractivity contribution is 6.30. The zero-order valence-corrected chi connectivity index (χ0v) is 10.2. The molecule has 1 aromatic carbocycles. The second-order valence-corrected chi connectivity index (χ2v) is 4.28. The van der Waals surface area contributed by atoms with Gasteiger partial charge in [-0.05, 0) is 37.2 Å². The summed E-state index contributed by atoms with van der Waals surface area (Å²) in [5.41, 5.74) is 1.64. The van der Waals surface area contributed by atoms with Gasteiger partial charge in [0, 0.05) is 16.6 Å². The van der Waals surface area contributed by atoms with Gasteiger partial charge < -0.3 is 9.73 Å². The average Bonchev–Trinajstić information content (AvgIpc) is 2.79. The lowest BCUT2D eigenvalue weighted by atomic mass is 10.0. The Morgan fingerprint density at radius 3 is 2.82 bits per heavy atom. The molecule has 2 rings (SSSR count). The van der Waals surface area contributed by atoms with Crippen molar-refractivity contribution in [3.05, 3.63) is 58.8 Å². The lowest BCUT2D eigenvalue weighted by molar-refractivity contribution is 0.526. The summed E-state index contributed by atoms with van der Waals surface area (Å²) in [5, 5.41) is 3.50. The maximum Gasteiger partial charge on any atom is 0.129 e. The third-order valence-corrected chi connectivity index (χ3v) is 2.94. The SMILES string of the molecule is CNC(Cc1ccoc1)c1ccc(Cl)cc1F. The van der Waals surface area contributed by atoms with Crippen molar-refractivity contribution in [2.45, 2.75) is 12.5 Å². The van der Waals surface area contributed by atoms with Crippen molar-refractivity contribution in [1.29, 1.82) is 0 Å². The van der Waals surface area contributed by atoms with Crippen molar-refractivity contribution in [1.82, 2.24) is 5.32 Å². The first-order valence-corrected chi connectivity index (χ1v) is 5.72. The van der Waals surface area contributed by atoms with Crippen LogP contribution < -0.4 is 5.32 Å². The van der Waals surface area contributed by atoms with Crippen LogP contribution in [0.4, 0.5) is 4.39 Å². The van der Waals surface area contributed by atoms with E-state index in [9.17, 15) is 4.39 Å². The van der Waals surface area contributed by atoms with Gasteiger partial charge in [-0.3, -0.25) is 0 Å². The molecule has 1 N–H and O–H groups in total. The smallest absolute Gasteiger partial charge is 0.129 e. The molecule has 17 heavy (non-hydrogen) atoms. The highest BCUT2D eigenvalue weighted by Gasteiger charge is 2.15. The third-order valence-electron chi connectivity index (χ3n) is 2.71. The molecular weight excluding hydrogens is 241 g/mol. The molecule has 2 aromatic rings. The molecule has 2 nitrogen and oxygen atoms in total. The van der Waals surface area contributed by atoms with Crippen LogP contribution in [-0.2, 0) is 6.42 Å². The van der Waals surface area contributed by atoms with Crippen LogP contribution in [0, 0.1) is 5.82 Å². The van der Waals surface area contributed by atoms with Gasteiger partial charge in [-0.2, -0.15) is 0 Å². The van der Waals surface area contributed by atoms with E-state index in [2.05, 4.69) is 5.32 Å². The number of hydrogen-bond donors (Lipinski definition) is 1. The maximum atomic E-state index is 13.8. The lowest BCUT2D eigenvalue weighted by Crippen LogP contribution is -2.19. The summed E-state index contributed by atoms with van der Waals surface area (Å²) < 4.78 is 18.8. The minimum absolute atomic E-state index is 0.0927. The summed E-state index contributed by atoms with van der Waals surface area (Å²) in [6, 6.07) is 6.51. The third kappa shape index (κ3) is 2.87. The van der Waals surface area contributed by atoms with Crippen LogP contribution >= 0.6 is 11.6 Å². The Morgan fingerprint density at radius 2 is 2.24 bits per heavy atom. The van der Waals surface area contributed by atoms with Crippen molar-refractivity contribution < 1.29 is 8.81 Å². The molecule has 0 amide bonds.